The number of hydrogen-bond donors (Lipinski definition) is 1. The third-order valence-electron chi connectivity index (χ3n) is 2.42. The van der Waals surface area contributed by atoms with Gasteiger partial charge in [-0.15, -0.1) is 0 Å². The largest absolute Gasteiger partial charge is 0.490 e. The van der Waals surface area contributed by atoms with Gasteiger partial charge in [0.2, 0.25) is 0 Å². The average Bonchev–Trinajstić information content (AvgIpc) is 2.31. The molecular weight excluding hydrogens is 204 g/mol. The molecule has 1 atom stereocenters. The summed E-state index contributed by atoms with van der Waals surface area (Å²) in [6.45, 7) is 6.55. The second-order valence-electron chi connectivity index (χ2n) is 3.67. The lowest BCUT2D eigenvalue weighted by Gasteiger charge is -2.18. The van der Waals surface area contributed by atoms with Gasteiger partial charge in [-0.25, -0.2) is 0 Å². The van der Waals surface area contributed by atoms with Crippen LogP contribution < -0.4 is 9.47 Å². The molecule has 0 aromatic heterocycles. The van der Waals surface area contributed by atoms with Crippen LogP contribution in [0.5, 0.6) is 11.5 Å². The summed E-state index contributed by atoms with van der Waals surface area (Å²) in [6.07, 6.45) is 1.04. The zero-order chi connectivity index (χ0) is 12.0. The lowest BCUT2D eigenvalue weighted by molar-refractivity contribution is 0.193. The second-order valence-corrected chi connectivity index (χ2v) is 3.67. The van der Waals surface area contributed by atoms with Gasteiger partial charge in [-0.3, -0.25) is 0 Å². The summed E-state index contributed by atoms with van der Waals surface area (Å²) in [4.78, 5) is 0. The van der Waals surface area contributed by atoms with Crippen molar-refractivity contribution < 1.29 is 14.6 Å². The zero-order valence-electron chi connectivity index (χ0n) is 10.2. The van der Waals surface area contributed by atoms with E-state index in [9.17, 15) is 5.11 Å². The number of aliphatic hydroxyl groups excluding tert-OH is 1. The highest BCUT2D eigenvalue weighted by molar-refractivity contribution is 5.46. The fourth-order valence-corrected chi connectivity index (χ4v) is 1.37. The molecule has 0 saturated carbocycles. The van der Waals surface area contributed by atoms with Gasteiger partial charge in [0.1, 0.15) is 0 Å². The highest BCUT2D eigenvalue weighted by Crippen LogP contribution is 2.32. The van der Waals surface area contributed by atoms with Gasteiger partial charge in [-0.05, 0) is 26.3 Å². The maximum atomic E-state index is 9.26. The summed E-state index contributed by atoms with van der Waals surface area (Å²) in [7, 11) is 0. The van der Waals surface area contributed by atoms with Crippen LogP contribution in [0.25, 0.3) is 0 Å². The highest BCUT2D eigenvalue weighted by Gasteiger charge is 2.12. The van der Waals surface area contributed by atoms with Crippen LogP contribution in [0.4, 0.5) is 0 Å². The van der Waals surface area contributed by atoms with Crippen molar-refractivity contribution in [2.75, 3.05) is 6.61 Å². The first-order valence-electron chi connectivity index (χ1n) is 5.75. The number of hydrogen-bond acceptors (Lipinski definition) is 3. The second kappa shape index (κ2) is 6.38. The monoisotopic (exact) mass is 224 g/mol. The molecule has 0 bridgehead atoms. The first kappa shape index (κ1) is 12.8. The Labute approximate surface area is 97.0 Å². The quantitative estimate of drug-likeness (QED) is 0.807. The zero-order valence-corrected chi connectivity index (χ0v) is 10.2. The molecular formula is C13H20O3. The SMILES string of the molecule is CCOc1cccc(CO)c1OC(C)CC. The van der Waals surface area contributed by atoms with E-state index in [4.69, 9.17) is 9.47 Å². The van der Waals surface area contributed by atoms with Gasteiger partial charge in [0, 0.05) is 5.56 Å². The van der Waals surface area contributed by atoms with Crippen molar-refractivity contribution in [1.29, 1.82) is 0 Å². The van der Waals surface area contributed by atoms with Crippen molar-refractivity contribution in [3.8, 4) is 11.5 Å². The summed E-state index contributed by atoms with van der Waals surface area (Å²) >= 11 is 0. The van der Waals surface area contributed by atoms with E-state index in [-0.39, 0.29) is 12.7 Å². The maximum absolute atomic E-state index is 9.26. The Hall–Kier alpha value is -1.22. The smallest absolute Gasteiger partial charge is 0.167 e. The standard InChI is InChI=1S/C13H20O3/c1-4-10(3)16-13-11(9-14)7-6-8-12(13)15-5-2/h6-8,10,14H,4-5,9H2,1-3H3. The van der Waals surface area contributed by atoms with E-state index in [2.05, 4.69) is 6.92 Å². The van der Waals surface area contributed by atoms with Crippen LogP contribution in [0.15, 0.2) is 18.2 Å². The van der Waals surface area contributed by atoms with Crippen LogP contribution in [0.1, 0.15) is 32.8 Å². The van der Waals surface area contributed by atoms with E-state index in [1.165, 1.54) is 0 Å². The van der Waals surface area contributed by atoms with Crippen molar-refractivity contribution in [2.45, 2.75) is 39.9 Å². The first-order valence-corrected chi connectivity index (χ1v) is 5.75. The molecule has 0 fully saturated rings. The third-order valence-corrected chi connectivity index (χ3v) is 2.42. The van der Waals surface area contributed by atoms with Gasteiger partial charge < -0.3 is 14.6 Å². The maximum Gasteiger partial charge on any atom is 0.167 e. The van der Waals surface area contributed by atoms with Crippen LogP contribution in [0.3, 0.4) is 0 Å². The fraction of sp³-hybridized carbons (Fsp3) is 0.538. The van der Waals surface area contributed by atoms with Crippen molar-refractivity contribution >= 4 is 0 Å². The Balaban J connectivity index is 2.99. The topological polar surface area (TPSA) is 38.7 Å². The Morgan fingerprint density at radius 3 is 2.62 bits per heavy atom. The highest BCUT2D eigenvalue weighted by atomic mass is 16.5. The lowest BCUT2D eigenvalue weighted by Crippen LogP contribution is -2.12. The van der Waals surface area contributed by atoms with E-state index >= 15 is 0 Å². The molecule has 0 radical (unpaired) electrons. The van der Waals surface area contributed by atoms with E-state index < -0.39 is 0 Å². The van der Waals surface area contributed by atoms with Crippen LogP contribution in [0, 0.1) is 0 Å². The van der Waals surface area contributed by atoms with Crippen molar-refractivity contribution in [3.05, 3.63) is 23.8 Å². The first-order chi connectivity index (χ1) is 7.72. The molecule has 0 heterocycles. The molecule has 0 aliphatic rings. The van der Waals surface area contributed by atoms with Crippen LogP contribution in [-0.4, -0.2) is 17.8 Å². The number of para-hydroxylation sites is 1. The van der Waals surface area contributed by atoms with Gasteiger partial charge in [-0.1, -0.05) is 19.1 Å². The Morgan fingerprint density at radius 1 is 1.31 bits per heavy atom. The van der Waals surface area contributed by atoms with E-state index in [0.29, 0.717) is 18.1 Å². The molecule has 0 saturated heterocycles. The van der Waals surface area contributed by atoms with E-state index in [1.54, 1.807) is 0 Å². The Bertz CT molecular complexity index is 323. The number of benzene rings is 1. The minimum Gasteiger partial charge on any atom is -0.490 e. The molecule has 1 N–H and O–H groups in total. The van der Waals surface area contributed by atoms with Crippen molar-refractivity contribution in [3.63, 3.8) is 0 Å². The molecule has 3 heteroatoms. The average molecular weight is 224 g/mol. The predicted molar refractivity (Wildman–Crippen MR) is 63.9 cm³/mol. The molecule has 0 spiro atoms. The predicted octanol–water partition coefficient (Wildman–Crippen LogP) is 2.75. The summed E-state index contributed by atoms with van der Waals surface area (Å²) < 4.78 is 11.3. The van der Waals surface area contributed by atoms with Crippen molar-refractivity contribution in [1.82, 2.24) is 0 Å². The van der Waals surface area contributed by atoms with Crippen LogP contribution >= 0.6 is 0 Å². The number of ether oxygens (including phenoxy) is 2. The molecule has 0 aliphatic carbocycles. The molecule has 1 aromatic rings. The molecule has 1 unspecified atom stereocenters. The van der Waals surface area contributed by atoms with E-state index in [0.717, 1.165) is 12.0 Å². The lowest BCUT2D eigenvalue weighted by atomic mass is 10.2. The Kier molecular flexibility index (Phi) is 5.12. The van der Waals surface area contributed by atoms with Crippen molar-refractivity contribution in [2.24, 2.45) is 0 Å². The Morgan fingerprint density at radius 2 is 2.06 bits per heavy atom. The summed E-state index contributed by atoms with van der Waals surface area (Å²) in [6, 6.07) is 5.57. The van der Waals surface area contributed by atoms with Gasteiger partial charge >= 0.3 is 0 Å². The molecule has 0 amide bonds. The molecule has 90 valence electrons. The number of rotatable bonds is 6. The molecule has 1 rings (SSSR count). The molecule has 3 nitrogen and oxygen atoms in total. The molecule has 1 aromatic carbocycles. The summed E-state index contributed by atoms with van der Waals surface area (Å²) in [5.74, 6) is 1.37. The normalized spacial score (nSPS) is 12.2. The number of aliphatic hydroxyl groups is 1. The van der Waals surface area contributed by atoms with Gasteiger partial charge in [0.25, 0.3) is 0 Å². The minimum absolute atomic E-state index is 0.0350. The van der Waals surface area contributed by atoms with Crippen LogP contribution in [-0.2, 0) is 6.61 Å². The summed E-state index contributed by atoms with van der Waals surface area (Å²) in [5.41, 5.74) is 0.770. The minimum atomic E-state index is -0.0350. The molecule has 0 aliphatic heterocycles. The fourth-order valence-electron chi connectivity index (χ4n) is 1.37. The van der Waals surface area contributed by atoms with E-state index in [1.807, 2.05) is 32.0 Å². The third kappa shape index (κ3) is 3.14. The van der Waals surface area contributed by atoms with Gasteiger partial charge in [0.15, 0.2) is 11.5 Å². The molecule has 16 heavy (non-hydrogen) atoms. The van der Waals surface area contributed by atoms with Gasteiger partial charge in [0.05, 0.1) is 19.3 Å². The van der Waals surface area contributed by atoms with Gasteiger partial charge in [-0.2, -0.15) is 0 Å². The summed E-state index contributed by atoms with van der Waals surface area (Å²) in [5, 5.41) is 9.26. The van der Waals surface area contributed by atoms with Crippen LogP contribution in [0.2, 0.25) is 0 Å².